The van der Waals surface area contributed by atoms with E-state index in [-0.39, 0.29) is 6.04 Å². The van der Waals surface area contributed by atoms with Crippen molar-refractivity contribution in [2.24, 2.45) is 7.05 Å². The van der Waals surface area contributed by atoms with Crippen LogP contribution in [0, 0.1) is 94.7 Å². The fraction of sp³-hybridized carbons (Fsp3) is 0.472. The van der Waals surface area contributed by atoms with Crippen LogP contribution in [0.25, 0.3) is 0 Å². The van der Waals surface area contributed by atoms with Gasteiger partial charge in [0.25, 0.3) is 0 Å². The van der Waals surface area contributed by atoms with Crippen LogP contribution in [0.2, 0.25) is 0 Å². The predicted molar refractivity (Wildman–Crippen MR) is 158 cm³/mol. The van der Waals surface area contributed by atoms with E-state index in [0.717, 1.165) is 6.42 Å². The second-order valence-electron chi connectivity index (χ2n) is 8.86. The molecular weight excluding hydrogens is 460 g/mol. The highest BCUT2D eigenvalue weighted by atomic mass is 15.1. The predicted octanol–water partition coefficient (Wildman–Crippen LogP) is 5.99. The molecule has 192 valence electrons. The maximum absolute atomic E-state index is 3.30. The van der Waals surface area contributed by atoms with E-state index in [4.69, 9.17) is 0 Å². The Morgan fingerprint density at radius 2 is 1.00 bits per heavy atom. The SMILES string of the molecule is CC#CC#CC#CC#CC#CC#CC#CC#CC(CCCCCCCCCCCCCC)n1cc[n+](C)c1. The third-order valence-electron chi connectivity index (χ3n) is 5.66. The Labute approximate surface area is 232 Å². The number of hydrogen-bond acceptors (Lipinski definition) is 0. The minimum Gasteiger partial charge on any atom is -0.240 e. The molecule has 0 aliphatic rings. The lowest BCUT2D eigenvalue weighted by Gasteiger charge is -2.07. The van der Waals surface area contributed by atoms with Gasteiger partial charge in [-0.2, -0.15) is 0 Å². The standard InChI is InChI=1S/C36H39N2/c1-4-6-8-10-12-14-16-18-19-20-22-24-26-28-30-32-36(38-34-33-37(3)35-38)31-29-27-25-23-21-17-15-13-11-9-7-5-2/h33-36H,5,7,9,11,13,15,17,21,23,25,27,29,31H2,1-3H3/q+1. The van der Waals surface area contributed by atoms with Crippen LogP contribution in [0.4, 0.5) is 0 Å². The van der Waals surface area contributed by atoms with Crippen LogP contribution >= 0.6 is 0 Å². The van der Waals surface area contributed by atoms with Gasteiger partial charge in [0.1, 0.15) is 12.4 Å². The molecule has 1 rings (SSSR count). The molecule has 0 aliphatic heterocycles. The van der Waals surface area contributed by atoms with Crippen molar-refractivity contribution in [2.45, 2.75) is 103 Å². The van der Waals surface area contributed by atoms with Crippen molar-refractivity contribution in [1.82, 2.24) is 4.57 Å². The summed E-state index contributed by atoms with van der Waals surface area (Å²) in [6, 6.07) is 0.122. The zero-order chi connectivity index (χ0) is 27.4. The Bertz CT molecular complexity index is 1330. The van der Waals surface area contributed by atoms with Crippen molar-refractivity contribution in [3.05, 3.63) is 18.7 Å². The molecule has 0 amide bonds. The quantitative estimate of drug-likeness (QED) is 0.169. The highest BCUT2D eigenvalue weighted by molar-refractivity contribution is 5.46. The van der Waals surface area contributed by atoms with Gasteiger partial charge in [-0.3, -0.25) is 0 Å². The maximum atomic E-state index is 3.30. The number of unbranched alkanes of at least 4 members (excludes halogenated alkanes) is 11. The molecule has 0 fully saturated rings. The first-order valence-corrected chi connectivity index (χ1v) is 13.7. The molecule has 1 aromatic heterocycles. The van der Waals surface area contributed by atoms with E-state index in [0.29, 0.717) is 0 Å². The maximum Gasteiger partial charge on any atom is 0.244 e. The molecule has 0 aliphatic carbocycles. The van der Waals surface area contributed by atoms with Crippen LogP contribution in [-0.2, 0) is 7.05 Å². The smallest absolute Gasteiger partial charge is 0.240 e. The van der Waals surface area contributed by atoms with E-state index in [1.807, 2.05) is 17.8 Å². The summed E-state index contributed by atoms with van der Waals surface area (Å²) >= 11 is 0. The first-order chi connectivity index (χ1) is 18.8. The van der Waals surface area contributed by atoms with Crippen molar-refractivity contribution >= 4 is 0 Å². The van der Waals surface area contributed by atoms with Crippen molar-refractivity contribution in [3.8, 4) is 94.7 Å². The lowest BCUT2D eigenvalue weighted by Crippen LogP contribution is -2.24. The monoisotopic (exact) mass is 499 g/mol. The van der Waals surface area contributed by atoms with Crippen molar-refractivity contribution in [1.29, 1.82) is 0 Å². The normalized spacial score (nSPS) is 9.03. The second kappa shape index (κ2) is 24.4. The number of nitrogens with zero attached hydrogens (tertiary/aromatic N) is 2. The fourth-order valence-electron chi connectivity index (χ4n) is 3.69. The first kappa shape index (κ1) is 31.7. The van der Waals surface area contributed by atoms with Gasteiger partial charge >= 0.3 is 0 Å². The molecule has 0 saturated heterocycles. The molecule has 1 atom stereocenters. The lowest BCUT2D eigenvalue weighted by molar-refractivity contribution is -0.671. The summed E-state index contributed by atoms with van der Waals surface area (Å²) in [5.41, 5.74) is 0. The van der Waals surface area contributed by atoms with Gasteiger partial charge in [0.15, 0.2) is 6.04 Å². The van der Waals surface area contributed by atoms with Crippen LogP contribution in [0.3, 0.4) is 0 Å². The highest BCUT2D eigenvalue weighted by Crippen LogP contribution is 2.17. The Morgan fingerprint density at radius 1 is 0.579 bits per heavy atom. The molecule has 1 heterocycles. The largest absolute Gasteiger partial charge is 0.244 e. The van der Waals surface area contributed by atoms with Gasteiger partial charge in [0.05, 0.1) is 7.05 Å². The van der Waals surface area contributed by atoms with Crippen LogP contribution < -0.4 is 4.57 Å². The summed E-state index contributed by atoms with van der Waals surface area (Å²) in [4.78, 5) is 0. The Kier molecular flexibility index (Phi) is 20.4. The minimum atomic E-state index is 0.122. The minimum absolute atomic E-state index is 0.122. The molecule has 2 nitrogen and oxygen atoms in total. The average Bonchev–Trinajstić information content (AvgIpc) is 3.36. The molecule has 0 radical (unpaired) electrons. The Balaban J connectivity index is 2.42. The van der Waals surface area contributed by atoms with Gasteiger partial charge in [-0.15, -0.1) is 0 Å². The molecule has 0 spiro atoms. The third-order valence-corrected chi connectivity index (χ3v) is 5.66. The summed E-state index contributed by atoms with van der Waals surface area (Å²) < 4.78 is 4.20. The van der Waals surface area contributed by atoms with Gasteiger partial charge in [-0.25, -0.2) is 9.13 Å². The first-order valence-electron chi connectivity index (χ1n) is 13.7. The Hall–Kier alpha value is -4.31. The molecule has 0 aromatic carbocycles. The van der Waals surface area contributed by atoms with Crippen LogP contribution in [0.15, 0.2) is 18.7 Å². The third kappa shape index (κ3) is 18.9. The van der Waals surface area contributed by atoms with E-state index in [1.165, 1.54) is 77.0 Å². The van der Waals surface area contributed by atoms with Crippen LogP contribution in [0.1, 0.15) is 103 Å². The molecule has 1 unspecified atom stereocenters. The van der Waals surface area contributed by atoms with Crippen LogP contribution in [-0.4, -0.2) is 4.57 Å². The van der Waals surface area contributed by atoms with Gasteiger partial charge in [0.2, 0.25) is 6.33 Å². The summed E-state index contributed by atoms with van der Waals surface area (Å²) in [6.07, 6.45) is 23.4. The van der Waals surface area contributed by atoms with E-state index in [1.54, 1.807) is 6.92 Å². The molecule has 38 heavy (non-hydrogen) atoms. The van der Waals surface area contributed by atoms with E-state index >= 15 is 0 Å². The summed E-state index contributed by atoms with van der Waals surface area (Å²) in [7, 11) is 2.02. The molecular formula is C36H39N2+. The van der Waals surface area contributed by atoms with Crippen molar-refractivity contribution in [2.75, 3.05) is 0 Å². The van der Waals surface area contributed by atoms with E-state index in [2.05, 4.69) is 119 Å². The molecule has 1 aromatic rings. The van der Waals surface area contributed by atoms with Gasteiger partial charge in [0, 0.05) is 0 Å². The average molecular weight is 500 g/mol. The number of rotatable bonds is 14. The number of imidazole rings is 1. The lowest BCUT2D eigenvalue weighted by atomic mass is 10.0. The molecule has 0 N–H and O–H groups in total. The zero-order valence-electron chi connectivity index (χ0n) is 23.4. The van der Waals surface area contributed by atoms with Gasteiger partial charge in [-0.05, 0) is 109 Å². The fourth-order valence-corrected chi connectivity index (χ4v) is 3.69. The number of aromatic nitrogens is 2. The molecule has 2 heteroatoms. The van der Waals surface area contributed by atoms with E-state index < -0.39 is 0 Å². The van der Waals surface area contributed by atoms with Gasteiger partial charge < -0.3 is 0 Å². The van der Waals surface area contributed by atoms with Crippen molar-refractivity contribution < 1.29 is 4.57 Å². The molecule has 0 bridgehead atoms. The van der Waals surface area contributed by atoms with E-state index in [9.17, 15) is 0 Å². The highest BCUT2D eigenvalue weighted by Gasteiger charge is 2.13. The second-order valence-corrected chi connectivity index (χ2v) is 8.86. The summed E-state index contributed by atoms with van der Waals surface area (Å²) in [5, 5.41) is 0. The van der Waals surface area contributed by atoms with Crippen LogP contribution in [0.5, 0.6) is 0 Å². The number of aryl methyl sites for hydroxylation is 1. The topological polar surface area (TPSA) is 8.81 Å². The summed E-state index contributed by atoms with van der Waals surface area (Å²) in [6.45, 7) is 3.99. The molecule has 0 saturated carbocycles. The summed E-state index contributed by atoms with van der Waals surface area (Å²) in [5.74, 6) is 43.1. The Morgan fingerprint density at radius 3 is 1.42 bits per heavy atom. The number of hydrogen-bond donors (Lipinski definition) is 0. The van der Waals surface area contributed by atoms with Gasteiger partial charge in [-0.1, -0.05) is 83.5 Å². The zero-order valence-corrected chi connectivity index (χ0v) is 23.4. The van der Waals surface area contributed by atoms with Crippen molar-refractivity contribution in [3.63, 3.8) is 0 Å².